The van der Waals surface area contributed by atoms with Gasteiger partial charge < -0.3 is 11.1 Å². The third-order valence-electron chi connectivity index (χ3n) is 3.07. The highest BCUT2D eigenvalue weighted by atomic mass is 79.9. The summed E-state index contributed by atoms with van der Waals surface area (Å²) in [4.78, 5) is 12.6. The van der Waals surface area contributed by atoms with Gasteiger partial charge in [0, 0.05) is 10.2 Å². The Bertz CT molecular complexity index is 724. The van der Waals surface area contributed by atoms with Gasteiger partial charge in [0.2, 0.25) is 11.9 Å². The number of nitriles is 1. The number of benzene rings is 1. The van der Waals surface area contributed by atoms with Crippen LogP contribution in [0, 0.1) is 11.3 Å². The molecule has 1 unspecified atom stereocenters. The molecule has 0 aliphatic heterocycles. The predicted molar refractivity (Wildman–Crippen MR) is 92.9 cm³/mol. The molecule has 3 N–H and O–H groups in total. The molecule has 0 aliphatic carbocycles. The largest absolute Gasteiger partial charge is 0.368 e. The maximum atomic E-state index is 12.6. The van der Waals surface area contributed by atoms with Crippen LogP contribution in [0.5, 0.6) is 0 Å². The van der Waals surface area contributed by atoms with E-state index in [1.54, 1.807) is 16.7 Å². The molecular weight excluding hydrogens is 380 g/mol. The molecule has 2 aromatic rings. The molecule has 1 heterocycles. The van der Waals surface area contributed by atoms with E-state index in [1.165, 1.54) is 11.8 Å². The van der Waals surface area contributed by atoms with Crippen molar-refractivity contribution in [3.05, 3.63) is 28.7 Å². The van der Waals surface area contributed by atoms with E-state index in [0.29, 0.717) is 17.3 Å². The summed E-state index contributed by atoms with van der Waals surface area (Å²) in [6, 6.07) is 8.77. The van der Waals surface area contributed by atoms with Crippen molar-refractivity contribution in [1.82, 2.24) is 14.8 Å². The molecule has 1 aromatic heterocycles. The van der Waals surface area contributed by atoms with Crippen LogP contribution in [0.15, 0.2) is 33.9 Å². The number of thioether (sulfide) groups is 1. The molecule has 0 fully saturated rings. The molecule has 1 aromatic carbocycles. The van der Waals surface area contributed by atoms with Crippen LogP contribution in [0.25, 0.3) is 0 Å². The van der Waals surface area contributed by atoms with Crippen LogP contribution in [0.4, 0.5) is 11.6 Å². The molecule has 0 aliphatic rings. The van der Waals surface area contributed by atoms with E-state index >= 15 is 0 Å². The van der Waals surface area contributed by atoms with E-state index < -0.39 is 6.04 Å². The Morgan fingerprint density at radius 1 is 1.48 bits per heavy atom. The van der Waals surface area contributed by atoms with Crippen LogP contribution in [0.1, 0.15) is 19.4 Å². The molecule has 2 rings (SSSR count). The van der Waals surface area contributed by atoms with E-state index in [9.17, 15) is 4.79 Å². The van der Waals surface area contributed by atoms with Gasteiger partial charge in [0.05, 0.1) is 11.8 Å². The second kappa shape index (κ2) is 7.99. The maximum Gasteiger partial charge on any atom is 0.247 e. The Balaban J connectivity index is 2.22. The quantitative estimate of drug-likeness (QED) is 0.728. The number of nitrogens with zero attached hydrogens (tertiary/aromatic N) is 4. The Morgan fingerprint density at radius 3 is 2.78 bits per heavy atom. The molecule has 0 saturated heterocycles. The zero-order valence-corrected chi connectivity index (χ0v) is 14.8. The van der Waals surface area contributed by atoms with Crippen molar-refractivity contribution in [3.8, 4) is 6.07 Å². The number of nitrogen functional groups attached to an aromatic ring is 1. The van der Waals surface area contributed by atoms with Gasteiger partial charge >= 0.3 is 0 Å². The van der Waals surface area contributed by atoms with Gasteiger partial charge in [-0.1, -0.05) is 34.6 Å². The highest BCUT2D eigenvalue weighted by molar-refractivity contribution is 9.10. The molecule has 23 heavy (non-hydrogen) atoms. The van der Waals surface area contributed by atoms with E-state index in [1.807, 2.05) is 25.1 Å². The lowest BCUT2D eigenvalue weighted by atomic mass is 10.2. The number of amides is 1. The number of nitrogens with two attached hydrogens (primary N) is 1. The van der Waals surface area contributed by atoms with Gasteiger partial charge in [0.25, 0.3) is 0 Å². The SMILES string of the molecule is CCC(C(=O)Nc1ccc(Br)cc1)n1c(N)nnc1SCC#N. The van der Waals surface area contributed by atoms with E-state index in [4.69, 9.17) is 11.0 Å². The maximum absolute atomic E-state index is 12.6. The molecule has 0 spiro atoms. The number of nitrogens with one attached hydrogen (secondary N) is 1. The lowest BCUT2D eigenvalue weighted by molar-refractivity contribution is -0.119. The van der Waals surface area contributed by atoms with Crippen LogP contribution >= 0.6 is 27.7 Å². The molecule has 0 saturated carbocycles. The first kappa shape index (κ1) is 17.3. The number of carbonyl (C=O) groups excluding carboxylic acids is 1. The van der Waals surface area contributed by atoms with Gasteiger partial charge in [-0.25, -0.2) is 0 Å². The van der Waals surface area contributed by atoms with Crippen LogP contribution in [0.2, 0.25) is 0 Å². The number of carbonyl (C=O) groups is 1. The number of rotatable bonds is 6. The van der Waals surface area contributed by atoms with E-state index in [0.717, 1.165) is 4.47 Å². The average Bonchev–Trinajstić information content (AvgIpc) is 2.89. The highest BCUT2D eigenvalue weighted by Crippen LogP contribution is 2.26. The Kier molecular flexibility index (Phi) is 6.01. The molecule has 0 radical (unpaired) electrons. The topological polar surface area (TPSA) is 110 Å². The molecule has 1 amide bonds. The van der Waals surface area contributed by atoms with Gasteiger partial charge in [-0.3, -0.25) is 9.36 Å². The standard InChI is InChI=1S/C14H15BrN6OS/c1-2-11(12(22)18-10-5-3-9(15)4-6-10)21-13(17)19-20-14(21)23-8-7-16/h3-6,11H,2,8H2,1H3,(H2,17,19)(H,18,22). The summed E-state index contributed by atoms with van der Waals surface area (Å²) in [5.74, 6) is 0.159. The van der Waals surface area contributed by atoms with Crippen molar-refractivity contribution < 1.29 is 4.79 Å². The second-order valence-electron chi connectivity index (χ2n) is 4.58. The van der Waals surface area contributed by atoms with Gasteiger partial charge in [-0.05, 0) is 30.7 Å². The second-order valence-corrected chi connectivity index (χ2v) is 6.44. The zero-order chi connectivity index (χ0) is 16.8. The van der Waals surface area contributed by atoms with Crippen molar-refractivity contribution in [2.24, 2.45) is 0 Å². The number of anilines is 2. The molecule has 0 bridgehead atoms. The minimum Gasteiger partial charge on any atom is -0.368 e. The third kappa shape index (κ3) is 4.24. The normalized spacial score (nSPS) is 11.7. The van der Waals surface area contributed by atoms with Crippen LogP contribution in [-0.4, -0.2) is 26.4 Å². The Labute approximate surface area is 146 Å². The zero-order valence-electron chi connectivity index (χ0n) is 12.4. The third-order valence-corrected chi connectivity index (χ3v) is 4.41. The first-order valence-corrected chi connectivity index (χ1v) is 8.61. The lowest BCUT2D eigenvalue weighted by Gasteiger charge is -2.18. The summed E-state index contributed by atoms with van der Waals surface area (Å²) in [6.45, 7) is 1.88. The van der Waals surface area contributed by atoms with Crippen LogP contribution < -0.4 is 11.1 Å². The number of hydrogen-bond donors (Lipinski definition) is 2. The minimum absolute atomic E-state index is 0.156. The molecule has 9 heteroatoms. The minimum atomic E-state index is -0.546. The summed E-state index contributed by atoms with van der Waals surface area (Å²) < 4.78 is 2.50. The van der Waals surface area contributed by atoms with Crippen molar-refractivity contribution in [1.29, 1.82) is 5.26 Å². The fourth-order valence-corrected chi connectivity index (χ4v) is 2.94. The van der Waals surface area contributed by atoms with Gasteiger partial charge in [-0.2, -0.15) is 5.26 Å². The molecule has 7 nitrogen and oxygen atoms in total. The van der Waals surface area contributed by atoms with Crippen LogP contribution in [-0.2, 0) is 4.79 Å². The van der Waals surface area contributed by atoms with Gasteiger partial charge in [0.1, 0.15) is 6.04 Å². The van der Waals surface area contributed by atoms with Crippen molar-refractivity contribution in [3.63, 3.8) is 0 Å². The summed E-state index contributed by atoms with van der Waals surface area (Å²) in [6.07, 6.45) is 0.519. The first-order valence-electron chi connectivity index (χ1n) is 6.83. The summed E-state index contributed by atoms with van der Waals surface area (Å²) >= 11 is 4.55. The van der Waals surface area contributed by atoms with E-state index in [2.05, 4.69) is 31.4 Å². The van der Waals surface area contributed by atoms with Crippen LogP contribution in [0.3, 0.4) is 0 Å². The van der Waals surface area contributed by atoms with Crippen molar-refractivity contribution >= 4 is 45.2 Å². The van der Waals surface area contributed by atoms with Crippen molar-refractivity contribution in [2.75, 3.05) is 16.8 Å². The van der Waals surface area contributed by atoms with Gasteiger partial charge in [0.15, 0.2) is 5.16 Å². The number of aromatic nitrogens is 3. The molecule has 1 atom stereocenters. The fourth-order valence-electron chi connectivity index (χ4n) is 2.02. The number of halogens is 1. The Hall–Kier alpha value is -2.05. The molecule has 120 valence electrons. The van der Waals surface area contributed by atoms with Crippen molar-refractivity contribution in [2.45, 2.75) is 24.5 Å². The summed E-state index contributed by atoms with van der Waals surface area (Å²) in [5, 5.41) is 19.8. The summed E-state index contributed by atoms with van der Waals surface area (Å²) in [7, 11) is 0. The van der Waals surface area contributed by atoms with E-state index in [-0.39, 0.29) is 17.6 Å². The fraction of sp³-hybridized carbons (Fsp3) is 0.286. The monoisotopic (exact) mass is 394 g/mol. The average molecular weight is 395 g/mol. The highest BCUT2D eigenvalue weighted by Gasteiger charge is 2.24. The Morgan fingerprint density at radius 2 is 2.17 bits per heavy atom. The lowest BCUT2D eigenvalue weighted by Crippen LogP contribution is -2.27. The number of hydrogen-bond acceptors (Lipinski definition) is 6. The van der Waals surface area contributed by atoms with Gasteiger partial charge in [-0.15, -0.1) is 10.2 Å². The smallest absolute Gasteiger partial charge is 0.247 e. The predicted octanol–water partition coefficient (Wildman–Crippen LogP) is 2.83. The summed E-state index contributed by atoms with van der Waals surface area (Å²) in [5.41, 5.74) is 6.54. The molecular formula is C14H15BrN6OS. The first-order chi connectivity index (χ1) is 11.1.